The van der Waals surface area contributed by atoms with E-state index in [4.69, 9.17) is 16.7 Å². The molecule has 7 nitrogen and oxygen atoms in total. The molecule has 1 amide bonds. The van der Waals surface area contributed by atoms with Gasteiger partial charge in [0.1, 0.15) is 0 Å². The molecule has 2 rings (SSSR count). The zero-order valence-corrected chi connectivity index (χ0v) is 12.5. The van der Waals surface area contributed by atoms with Crippen LogP contribution < -0.4 is 5.32 Å². The number of aliphatic hydroxyl groups is 1. The first-order valence-electron chi connectivity index (χ1n) is 5.84. The van der Waals surface area contributed by atoms with Crippen molar-refractivity contribution in [3.8, 4) is 10.6 Å². The minimum atomic E-state index is -2.04. The summed E-state index contributed by atoms with van der Waals surface area (Å²) >= 11 is 7.13. The molecule has 0 aliphatic carbocycles. The first kappa shape index (κ1) is 15.5. The summed E-state index contributed by atoms with van der Waals surface area (Å²) < 4.78 is 0.569. The van der Waals surface area contributed by atoms with E-state index in [-0.39, 0.29) is 5.56 Å². The van der Waals surface area contributed by atoms with Crippen LogP contribution in [0, 0.1) is 0 Å². The molecule has 21 heavy (non-hydrogen) atoms. The normalized spacial score (nSPS) is 13.7. The average Bonchev–Trinajstić information content (AvgIpc) is 3.03. The molecule has 0 fully saturated rings. The molecule has 0 saturated heterocycles. The van der Waals surface area contributed by atoms with Crippen LogP contribution in [0.5, 0.6) is 0 Å². The number of thiophene rings is 1. The molecule has 1 unspecified atom stereocenters. The van der Waals surface area contributed by atoms with Gasteiger partial charge < -0.3 is 15.5 Å². The SMILES string of the molecule is CC(O)(CNC(=O)c1cn[nH]c1-c1ccc(Cl)s1)C(=O)O. The third kappa shape index (κ3) is 3.41. The van der Waals surface area contributed by atoms with Gasteiger partial charge in [0.25, 0.3) is 5.91 Å². The number of hydrogen-bond donors (Lipinski definition) is 4. The Kier molecular flexibility index (Phi) is 4.31. The highest BCUT2D eigenvalue weighted by Crippen LogP contribution is 2.31. The Bertz CT molecular complexity index is 680. The van der Waals surface area contributed by atoms with Crippen LogP contribution in [0.1, 0.15) is 17.3 Å². The molecule has 4 N–H and O–H groups in total. The molecular formula is C12H12ClN3O4S. The maximum Gasteiger partial charge on any atom is 0.337 e. The lowest BCUT2D eigenvalue weighted by Gasteiger charge is -2.18. The number of carboxylic acid groups (broad SMARTS) is 1. The van der Waals surface area contributed by atoms with Crippen molar-refractivity contribution >= 4 is 34.8 Å². The van der Waals surface area contributed by atoms with Crippen LogP contribution in [0.3, 0.4) is 0 Å². The van der Waals surface area contributed by atoms with E-state index in [0.717, 1.165) is 11.8 Å². The second-order valence-electron chi connectivity index (χ2n) is 4.52. The topological polar surface area (TPSA) is 115 Å². The molecule has 0 radical (unpaired) electrons. The highest BCUT2D eigenvalue weighted by atomic mass is 35.5. The minimum Gasteiger partial charge on any atom is -0.479 e. The van der Waals surface area contributed by atoms with Gasteiger partial charge >= 0.3 is 5.97 Å². The van der Waals surface area contributed by atoms with Crippen molar-refractivity contribution in [2.75, 3.05) is 6.54 Å². The van der Waals surface area contributed by atoms with E-state index < -0.39 is 24.0 Å². The molecular weight excluding hydrogens is 318 g/mol. The molecule has 2 heterocycles. The highest BCUT2D eigenvalue weighted by Gasteiger charge is 2.31. The fourth-order valence-electron chi connectivity index (χ4n) is 1.52. The van der Waals surface area contributed by atoms with Gasteiger partial charge in [-0.15, -0.1) is 11.3 Å². The van der Waals surface area contributed by atoms with Crippen LogP contribution in [0.4, 0.5) is 0 Å². The minimum absolute atomic E-state index is 0.245. The Balaban J connectivity index is 2.15. The van der Waals surface area contributed by atoms with E-state index in [1.54, 1.807) is 12.1 Å². The fourth-order valence-corrected chi connectivity index (χ4v) is 2.57. The van der Waals surface area contributed by atoms with Crippen molar-refractivity contribution < 1.29 is 19.8 Å². The van der Waals surface area contributed by atoms with Crippen LogP contribution in [0.15, 0.2) is 18.3 Å². The third-order valence-corrected chi connectivity index (χ3v) is 4.01. The monoisotopic (exact) mass is 329 g/mol. The molecule has 0 spiro atoms. The molecule has 112 valence electrons. The predicted octanol–water partition coefficient (Wildman–Crippen LogP) is 1.36. The number of rotatable bonds is 5. The van der Waals surface area contributed by atoms with Gasteiger partial charge in [-0.25, -0.2) is 4.79 Å². The number of amides is 1. The number of aromatic nitrogens is 2. The maximum absolute atomic E-state index is 12.1. The van der Waals surface area contributed by atoms with Gasteiger partial charge in [-0.1, -0.05) is 11.6 Å². The maximum atomic E-state index is 12.1. The van der Waals surface area contributed by atoms with E-state index in [2.05, 4.69) is 15.5 Å². The number of nitrogens with zero attached hydrogens (tertiary/aromatic N) is 1. The first-order chi connectivity index (χ1) is 9.81. The Labute approximate surface area is 128 Å². The summed E-state index contributed by atoms with van der Waals surface area (Å²) in [4.78, 5) is 23.6. The molecule has 2 aromatic rings. The van der Waals surface area contributed by atoms with E-state index in [0.29, 0.717) is 10.0 Å². The lowest BCUT2D eigenvalue weighted by Crippen LogP contribution is -2.46. The van der Waals surface area contributed by atoms with Gasteiger partial charge in [0, 0.05) is 0 Å². The van der Waals surface area contributed by atoms with Crippen molar-refractivity contribution in [1.82, 2.24) is 15.5 Å². The number of nitrogens with one attached hydrogen (secondary N) is 2. The Hall–Kier alpha value is -1.90. The summed E-state index contributed by atoms with van der Waals surface area (Å²) in [6, 6.07) is 3.43. The smallest absolute Gasteiger partial charge is 0.337 e. The summed E-state index contributed by atoms with van der Waals surface area (Å²) in [5, 5.41) is 27.2. The van der Waals surface area contributed by atoms with Crippen molar-refractivity contribution in [2.24, 2.45) is 0 Å². The molecule has 0 saturated carbocycles. The standard InChI is InChI=1S/C12H12ClN3O4S/c1-12(20,11(18)19)5-14-10(17)6-4-15-16-9(6)7-2-3-8(13)21-7/h2-4,20H,5H2,1H3,(H,14,17)(H,15,16)(H,18,19). The van der Waals surface area contributed by atoms with Crippen molar-refractivity contribution in [2.45, 2.75) is 12.5 Å². The van der Waals surface area contributed by atoms with Crippen LogP contribution >= 0.6 is 22.9 Å². The highest BCUT2D eigenvalue weighted by molar-refractivity contribution is 7.19. The summed E-state index contributed by atoms with van der Waals surface area (Å²) in [5.41, 5.74) is -1.31. The molecule has 0 aliphatic heterocycles. The van der Waals surface area contributed by atoms with E-state index in [9.17, 15) is 14.7 Å². The quantitative estimate of drug-likeness (QED) is 0.661. The van der Waals surface area contributed by atoms with Crippen LogP contribution in [0.2, 0.25) is 4.34 Å². The van der Waals surface area contributed by atoms with Gasteiger partial charge in [-0.2, -0.15) is 5.10 Å². The van der Waals surface area contributed by atoms with Crippen LogP contribution in [-0.4, -0.2) is 44.4 Å². The summed E-state index contributed by atoms with van der Waals surface area (Å²) in [6.07, 6.45) is 1.33. The number of H-pyrrole nitrogens is 1. The first-order valence-corrected chi connectivity index (χ1v) is 7.04. The van der Waals surface area contributed by atoms with Gasteiger partial charge in [-0.3, -0.25) is 9.89 Å². The second kappa shape index (κ2) is 5.84. The number of aliphatic carboxylic acids is 1. The van der Waals surface area contributed by atoms with E-state index in [1.165, 1.54) is 17.5 Å². The van der Waals surface area contributed by atoms with Gasteiger partial charge in [0.05, 0.1) is 33.2 Å². The second-order valence-corrected chi connectivity index (χ2v) is 6.24. The number of carbonyl (C=O) groups is 2. The lowest BCUT2D eigenvalue weighted by atomic mass is 10.1. The zero-order valence-electron chi connectivity index (χ0n) is 10.9. The van der Waals surface area contributed by atoms with Gasteiger partial charge in [0.2, 0.25) is 0 Å². The molecule has 0 aliphatic rings. The predicted molar refractivity (Wildman–Crippen MR) is 77.5 cm³/mol. The number of carboxylic acids is 1. The van der Waals surface area contributed by atoms with Crippen molar-refractivity contribution in [3.63, 3.8) is 0 Å². The molecule has 2 aromatic heterocycles. The lowest BCUT2D eigenvalue weighted by molar-refractivity contribution is -0.155. The Morgan fingerprint density at radius 2 is 2.24 bits per heavy atom. The number of halogens is 1. The molecule has 0 aromatic carbocycles. The number of aromatic amines is 1. The van der Waals surface area contributed by atoms with E-state index in [1.807, 2.05) is 0 Å². The summed E-state index contributed by atoms with van der Waals surface area (Å²) in [5.74, 6) is -1.95. The summed E-state index contributed by atoms with van der Waals surface area (Å²) in [6.45, 7) is 0.682. The fraction of sp³-hybridized carbons (Fsp3) is 0.250. The average molecular weight is 330 g/mol. The van der Waals surface area contributed by atoms with Gasteiger partial charge in [-0.05, 0) is 19.1 Å². The van der Waals surface area contributed by atoms with Crippen molar-refractivity contribution in [1.29, 1.82) is 0 Å². The third-order valence-electron chi connectivity index (χ3n) is 2.76. The molecule has 9 heteroatoms. The largest absolute Gasteiger partial charge is 0.479 e. The van der Waals surface area contributed by atoms with Crippen LogP contribution in [-0.2, 0) is 4.79 Å². The van der Waals surface area contributed by atoms with E-state index >= 15 is 0 Å². The van der Waals surface area contributed by atoms with Crippen molar-refractivity contribution in [3.05, 3.63) is 28.2 Å². The molecule has 0 bridgehead atoms. The van der Waals surface area contributed by atoms with Crippen LogP contribution in [0.25, 0.3) is 10.6 Å². The summed E-state index contributed by atoms with van der Waals surface area (Å²) in [7, 11) is 0. The molecule has 1 atom stereocenters. The Morgan fingerprint density at radius 1 is 1.52 bits per heavy atom. The zero-order chi connectivity index (χ0) is 15.6. The number of carbonyl (C=O) groups excluding carboxylic acids is 1. The Morgan fingerprint density at radius 3 is 2.81 bits per heavy atom. The number of hydrogen-bond acceptors (Lipinski definition) is 5. The van der Waals surface area contributed by atoms with Gasteiger partial charge in [0.15, 0.2) is 5.60 Å².